The second-order valence-electron chi connectivity index (χ2n) is 3.92. The molecule has 19 heavy (non-hydrogen) atoms. The molecular weight excluding hydrogens is 291 g/mol. The third-order valence-corrected chi connectivity index (χ3v) is 3.92. The highest BCUT2D eigenvalue weighted by Gasteiger charge is 2.19. The van der Waals surface area contributed by atoms with Gasteiger partial charge in [0, 0.05) is 4.88 Å². The Kier molecular flexibility index (Phi) is 4.01. The van der Waals surface area contributed by atoms with E-state index in [1.807, 2.05) is 24.4 Å². The van der Waals surface area contributed by atoms with E-state index < -0.39 is 10.7 Å². The van der Waals surface area contributed by atoms with E-state index in [2.05, 4.69) is 5.32 Å². The van der Waals surface area contributed by atoms with Gasteiger partial charge in [0.05, 0.1) is 22.1 Å². The molecule has 0 spiro atoms. The van der Waals surface area contributed by atoms with Crippen molar-refractivity contribution < 1.29 is 9.31 Å². The van der Waals surface area contributed by atoms with E-state index in [0.717, 1.165) is 10.9 Å². The summed E-state index contributed by atoms with van der Waals surface area (Å²) in [6.45, 7) is 1.87. The van der Waals surface area contributed by atoms with E-state index in [1.165, 1.54) is 17.4 Å². The number of nitrogens with one attached hydrogen (secondary N) is 1. The first-order chi connectivity index (χ1) is 8.99. The van der Waals surface area contributed by atoms with Crippen LogP contribution >= 0.6 is 22.9 Å². The summed E-state index contributed by atoms with van der Waals surface area (Å²) < 4.78 is 13.3. The van der Waals surface area contributed by atoms with Crippen molar-refractivity contribution in [3.05, 3.63) is 55.5 Å². The molecular formula is C12H10ClFN2O2S. The largest absolute Gasteiger partial charge is 0.372 e. The summed E-state index contributed by atoms with van der Waals surface area (Å²) in [5.74, 6) is -0.803. The minimum Gasteiger partial charge on any atom is -0.372 e. The van der Waals surface area contributed by atoms with Gasteiger partial charge in [-0.3, -0.25) is 10.1 Å². The maximum Gasteiger partial charge on any atom is 0.295 e. The average molecular weight is 301 g/mol. The van der Waals surface area contributed by atoms with E-state index in [4.69, 9.17) is 11.6 Å². The van der Waals surface area contributed by atoms with Crippen LogP contribution in [0.15, 0.2) is 29.6 Å². The molecule has 0 aliphatic rings. The summed E-state index contributed by atoms with van der Waals surface area (Å²) in [6.07, 6.45) is 0. The molecule has 2 aromatic rings. The highest BCUT2D eigenvalue weighted by atomic mass is 35.5. The molecule has 1 unspecified atom stereocenters. The molecule has 0 radical (unpaired) electrons. The van der Waals surface area contributed by atoms with Gasteiger partial charge in [0.2, 0.25) is 0 Å². The molecule has 7 heteroatoms. The Labute approximate surface area is 118 Å². The summed E-state index contributed by atoms with van der Waals surface area (Å²) >= 11 is 7.20. The van der Waals surface area contributed by atoms with Crippen LogP contribution in [0.25, 0.3) is 0 Å². The molecule has 0 amide bonds. The monoisotopic (exact) mass is 300 g/mol. The van der Waals surface area contributed by atoms with Gasteiger partial charge < -0.3 is 5.32 Å². The Morgan fingerprint density at radius 1 is 1.53 bits per heavy atom. The van der Waals surface area contributed by atoms with Crippen molar-refractivity contribution in [1.29, 1.82) is 0 Å². The van der Waals surface area contributed by atoms with Crippen LogP contribution in [0.3, 0.4) is 0 Å². The summed E-state index contributed by atoms with van der Waals surface area (Å²) in [5.41, 5.74) is -0.123. The standard InChI is InChI=1S/C12H10ClFN2O2S/c1-7(12-3-2-4-19-12)15-10-5-8(13)9(14)6-11(10)16(17)18/h2-7,15H,1H3. The Morgan fingerprint density at radius 3 is 2.84 bits per heavy atom. The lowest BCUT2D eigenvalue weighted by Gasteiger charge is -2.14. The first-order valence-electron chi connectivity index (χ1n) is 5.42. The third kappa shape index (κ3) is 3.02. The van der Waals surface area contributed by atoms with Crippen molar-refractivity contribution in [2.75, 3.05) is 5.32 Å². The molecule has 0 saturated carbocycles. The van der Waals surface area contributed by atoms with Crippen LogP contribution in [0.5, 0.6) is 0 Å². The number of halogens is 2. The van der Waals surface area contributed by atoms with Gasteiger partial charge in [0.25, 0.3) is 5.69 Å². The molecule has 100 valence electrons. The molecule has 0 aliphatic carbocycles. The quantitative estimate of drug-likeness (QED) is 0.662. The number of thiophene rings is 1. The zero-order valence-electron chi connectivity index (χ0n) is 9.89. The first-order valence-corrected chi connectivity index (χ1v) is 6.68. The number of nitro benzene ring substituents is 1. The fraction of sp³-hybridized carbons (Fsp3) is 0.167. The Bertz CT molecular complexity index is 604. The number of benzene rings is 1. The van der Waals surface area contributed by atoms with Gasteiger partial charge in [0.1, 0.15) is 11.5 Å². The average Bonchev–Trinajstić information content (AvgIpc) is 2.86. The number of nitro groups is 1. The van der Waals surface area contributed by atoms with Gasteiger partial charge in [-0.05, 0) is 24.4 Å². The van der Waals surface area contributed by atoms with Crippen molar-refractivity contribution in [3.8, 4) is 0 Å². The lowest BCUT2D eigenvalue weighted by Crippen LogP contribution is -2.07. The SMILES string of the molecule is CC(Nc1cc(Cl)c(F)cc1[N+](=O)[O-])c1cccs1. The van der Waals surface area contributed by atoms with E-state index in [1.54, 1.807) is 0 Å². The number of hydrogen-bond acceptors (Lipinski definition) is 4. The summed E-state index contributed by atoms with van der Waals surface area (Å²) in [5, 5.41) is 15.7. The molecule has 1 N–H and O–H groups in total. The zero-order chi connectivity index (χ0) is 14.0. The van der Waals surface area contributed by atoms with Gasteiger partial charge in [-0.2, -0.15) is 0 Å². The van der Waals surface area contributed by atoms with Crippen molar-refractivity contribution in [3.63, 3.8) is 0 Å². The summed E-state index contributed by atoms with van der Waals surface area (Å²) in [7, 11) is 0. The molecule has 0 saturated heterocycles. The Hall–Kier alpha value is -1.66. The van der Waals surface area contributed by atoms with Crippen LogP contribution in [-0.2, 0) is 0 Å². The number of anilines is 1. The van der Waals surface area contributed by atoms with Crippen LogP contribution < -0.4 is 5.32 Å². The molecule has 0 aliphatic heterocycles. The third-order valence-electron chi connectivity index (χ3n) is 2.58. The van der Waals surface area contributed by atoms with Gasteiger partial charge in [-0.25, -0.2) is 4.39 Å². The molecule has 1 heterocycles. The maximum absolute atomic E-state index is 13.3. The number of rotatable bonds is 4. The van der Waals surface area contributed by atoms with Gasteiger partial charge in [-0.15, -0.1) is 11.3 Å². The summed E-state index contributed by atoms with van der Waals surface area (Å²) in [4.78, 5) is 11.3. The molecule has 2 rings (SSSR count). The molecule has 1 atom stereocenters. The van der Waals surface area contributed by atoms with Crippen molar-refractivity contribution in [2.45, 2.75) is 13.0 Å². The van der Waals surface area contributed by atoms with Crippen LogP contribution in [0.4, 0.5) is 15.8 Å². The van der Waals surface area contributed by atoms with Gasteiger partial charge in [-0.1, -0.05) is 17.7 Å². The molecule has 0 bridgehead atoms. The molecule has 1 aromatic carbocycles. The second kappa shape index (κ2) is 5.54. The maximum atomic E-state index is 13.3. The van der Waals surface area contributed by atoms with Gasteiger partial charge >= 0.3 is 0 Å². The second-order valence-corrected chi connectivity index (χ2v) is 5.31. The smallest absolute Gasteiger partial charge is 0.295 e. The molecule has 4 nitrogen and oxygen atoms in total. The molecule has 0 fully saturated rings. The fourth-order valence-corrected chi connectivity index (χ4v) is 2.54. The lowest BCUT2D eigenvalue weighted by molar-refractivity contribution is -0.384. The van der Waals surface area contributed by atoms with Crippen LogP contribution in [0.1, 0.15) is 17.8 Å². The predicted octanol–water partition coefficient (Wildman–Crippen LogP) is 4.62. The van der Waals surface area contributed by atoms with Crippen LogP contribution in [-0.4, -0.2) is 4.92 Å². The highest BCUT2D eigenvalue weighted by molar-refractivity contribution is 7.10. The number of nitrogens with zero attached hydrogens (tertiary/aromatic N) is 1. The molecule has 1 aromatic heterocycles. The Balaban J connectivity index is 2.33. The first kappa shape index (κ1) is 13.8. The van der Waals surface area contributed by atoms with Gasteiger partial charge in [0.15, 0.2) is 0 Å². The predicted molar refractivity (Wildman–Crippen MR) is 74.4 cm³/mol. The van der Waals surface area contributed by atoms with E-state index in [9.17, 15) is 14.5 Å². The number of hydrogen-bond donors (Lipinski definition) is 1. The zero-order valence-corrected chi connectivity index (χ0v) is 11.5. The van der Waals surface area contributed by atoms with Crippen molar-refractivity contribution in [1.82, 2.24) is 0 Å². The lowest BCUT2D eigenvalue weighted by atomic mass is 10.2. The minimum absolute atomic E-state index is 0.125. The summed E-state index contributed by atoms with van der Waals surface area (Å²) in [6, 6.07) is 5.74. The van der Waals surface area contributed by atoms with E-state index in [-0.39, 0.29) is 22.4 Å². The van der Waals surface area contributed by atoms with E-state index >= 15 is 0 Å². The van der Waals surface area contributed by atoms with Crippen LogP contribution in [0, 0.1) is 15.9 Å². The van der Waals surface area contributed by atoms with E-state index in [0.29, 0.717) is 0 Å². The van der Waals surface area contributed by atoms with Crippen molar-refractivity contribution in [2.24, 2.45) is 0 Å². The topological polar surface area (TPSA) is 55.2 Å². The fourth-order valence-electron chi connectivity index (χ4n) is 1.65. The van der Waals surface area contributed by atoms with Crippen LogP contribution in [0.2, 0.25) is 5.02 Å². The highest BCUT2D eigenvalue weighted by Crippen LogP contribution is 2.33. The minimum atomic E-state index is -0.803. The Morgan fingerprint density at radius 2 is 2.26 bits per heavy atom. The van der Waals surface area contributed by atoms with Crippen molar-refractivity contribution >= 4 is 34.3 Å². The normalized spacial score (nSPS) is 12.2.